The van der Waals surface area contributed by atoms with Crippen LogP contribution < -0.4 is 0 Å². The first-order chi connectivity index (χ1) is 16.0. The number of carbonyl (C=O) groups excluding carboxylic acids is 1. The molecule has 1 aromatic carbocycles. The van der Waals surface area contributed by atoms with E-state index in [0.717, 1.165) is 36.0 Å². The zero-order valence-electron chi connectivity index (χ0n) is 19.3. The van der Waals surface area contributed by atoms with Crippen molar-refractivity contribution in [3.05, 3.63) is 71.7 Å². The van der Waals surface area contributed by atoms with Gasteiger partial charge in [0.25, 0.3) is 5.91 Å². The first kappa shape index (κ1) is 22.0. The molecule has 5 rings (SSSR count). The van der Waals surface area contributed by atoms with Crippen LogP contribution in [-0.2, 0) is 0 Å². The van der Waals surface area contributed by atoms with E-state index in [4.69, 9.17) is 0 Å². The van der Waals surface area contributed by atoms with Gasteiger partial charge in [0.05, 0.1) is 16.7 Å². The Labute approximate surface area is 195 Å². The standard InChI is InChI=1S/C27H32N4O2/c1-20-17-23(22-8-2-3-9-24(22)29-20)26(32)30-15-11-27(33,12-16-30)19-31-14-5-4-10-25(31)21-7-6-13-28-18-21/h2-3,6-9,13,17-18,25,33H,4-5,10-12,14-16,19H2,1H3/t25-/m0/s1. The number of aliphatic hydroxyl groups is 1. The van der Waals surface area contributed by atoms with Gasteiger partial charge < -0.3 is 10.0 Å². The van der Waals surface area contributed by atoms with E-state index in [2.05, 4.69) is 20.9 Å². The van der Waals surface area contributed by atoms with Gasteiger partial charge in [-0.25, -0.2) is 0 Å². The minimum Gasteiger partial charge on any atom is -0.388 e. The van der Waals surface area contributed by atoms with Crippen molar-refractivity contribution in [2.75, 3.05) is 26.2 Å². The molecule has 0 saturated carbocycles. The third-order valence-electron chi connectivity index (χ3n) is 7.24. The second-order valence-electron chi connectivity index (χ2n) is 9.61. The van der Waals surface area contributed by atoms with E-state index in [1.165, 1.54) is 12.0 Å². The van der Waals surface area contributed by atoms with Gasteiger partial charge in [-0.2, -0.15) is 0 Å². The number of likely N-dealkylation sites (tertiary alicyclic amines) is 2. The quantitative estimate of drug-likeness (QED) is 0.655. The summed E-state index contributed by atoms with van der Waals surface area (Å²) in [6.45, 7) is 4.70. The van der Waals surface area contributed by atoms with E-state index in [0.29, 0.717) is 44.1 Å². The molecule has 1 atom stereocenters. The number of fused-ring (bicyclic) bond motifs is 1. The summed E-state index contributed by atoms with van der Waals surface area (Å²) in [6.07, 6.45) is 8.41. The maximum absolute atomic E-state index is 13.4. The molecule has 2 aliphatic heterocycles. The molecule has 0 bridgehead atoms. The summed E-state index contributed by atoms with van der Waals surface area (Å²) < 4.78 is 0. The lowest BCUT2D eigenvalue weighted by Crippen LogP contribution is -2.53. The molecule has 6 nitrogen and oxygen atoms in total. The molecule has 0 aliphatic carbocycles. The van der Waals surface area contributed by atoms with Gasteiger partial charge in [-0.3, -0.25) is 19.7 Å². The number of aromatic nitrogens is 2. The van der Waals surface area contributed by atoms with Crippen molar-refractivity contribution in [3.63, 3.8) is 0 Å². The van der Waals surface area contributed by atoms with Crippen LogP contribution in [0.5, 0.6) is 0 Å². The Bertz CT molecular complexity index is 1130. The number of hydrogen-bond donors (Lipinski definition) is 1. The first-order valence-electron chi connectivity index (χ1n) is 12.0. The van der Waals surface area contributed by atoms with Gasteiger partial charge >= 0.3 is 0 Å². The molecule has 2 saturated heterocycles. The van der Waals surface area contributed by atoms with Gasteiger partial charge in [0, 0.05) is 49.1 Å². The lowest BCUT2D eigenvalue weighted by molar-refractivity contribution is -0.0540. The van der Waals surface area contributed by atoms with Gasteiger partial charge in [0.2, 0.25) is 0 Å². The van der Waals surface area contributed by atoms with Crippen LogP contribution in [0.3, 0.4) is 0 Å². The number of rotatable bonds is 4. The lowest BCUT2D eigenvalue weighted by Gasteiger charge is -2.44. The van der Waals surface area contributed by atoms with Crippen LogP contribution in [0.4, 0.5) is 0 Å². The van der Waals surface area contributed by atoms with Crippen LogP contribution >= 0.6 is 0 Å². The Morgan fingerprint density at radius 3 is 2.73 bits per heavy atom. The Balaban J connectivity index is 1.28. The van der Waals surface area contributed by atoms with Crippen molar-refractivity contribution < 1.29 is 9.90 Å². The third-order valence-corrected chi connectivity index (χ3v) is 7.24. The van der Waals surface area contributed by atoms with Crippen LogP contribution in [0, 0.1) is 6.92 Å². The smallest absolute Gasteiger partial charge is 0.254 e. The van der Waals surface area contributed by atoms with E-state index in [1.54, 1.807) is 0 Å². The number of carbonyl (C=O) groups is 1. The number of piperidine rings is 2. The van der Waals surface area contributed by atoms with Crippen LogP contribution in [-0.4, -0.2) is 62.6 Å². The fourth-order valence-electron chi connectivity index (χ4n) is 5.45. The minimum atomic E-state index is -0.773. The van der Waals surface area contributed by atoms with Crippen molar-refractivity contribution in [2.45, 2.75) is 50.7 Å². The minimum absolute atomic E-state index is 0.0324. The average molecular weight is 445 g/mol. The largest absolute Gasteiger partial charge is 0.388 e. The van der Waals surface area contributed by atoms with Gasteiger partial charge in [-0.1, -0.05) is 30.7 Å². The van der Waals surface area contributed by atoms with Crippen molar-refractivity contribution in [2.24, 2.45) is 0 Å². The number of pyridine rings is 2. The lowest BCUT2D eigenvalue weighted by atomic mass is 9.87. The Morgan fingerprint density at radius 2 is 1.94 bits per heavy atom. The second-order valence-corrected chi connectivity index (χ2v) is 9.61. The summed E-state index contributed by atoms with van der Waals surface area (Å²) in [5.74, 6) is 0.0324. The van der Waals surface area contributed by atoms with E-state index in [1.807, 2.05) is 60.6 Å². The molecule has 0 unspecified atom stereocenters. The van der Waals surface area contributed by atoms with E-state index in [9.17, 15) is 9.90 Å². The molecule has 1 N–H and O–H groups in total. The summed E-state index contributed by atoms with van der Waals surface area (Å²) in [5, 5.41) is 12.4. The van der Waals surface area contributed by atoms with E-state index in [-0.39, 0.29) is 5.91 Å². The number of hydrogen-bond acceptors (Lipinski definition) is 5. The summed E-state index contributed by atoms with van der Waals surface area (Å²) in [7, 11) is 0. The zero-order valence-corrected chi connectivity index (χ0v) is 19.3. The molecule has 172 valence electrons. The van der Waals surface area contributed by atoms with Crippen molar-refractivity contribution in [1.29, 1.82) is 0 Å². The molecule has 2 fully saturated rings. The van der Waals surface area contributed by atoms with Crippen LogP contribution in [0.2, 0.25) is 0 Å². The Hall–Kier alpha value is -2.83. The summed E-state index contributed by atoms with van der Waals surface area (Å²) in [5.41, 5.74) is 2.85. The van der Waals surface area contributed by atoms with E-state index >= 15 is 0 Å². The predicted molar refractivity (Wildman–Crippen MR) is 129 cm³/mol. The fraction of sp³-hybridized carbons (Fsp3) is 0.444. The molecule has 6 heteroatoms. The normalized spacial score (nSPS) is 21.3. The highest BCUT2D eigenvalue weighted by atomic mass is 16.3. The van der Waals surface area contributed by atoms with Crippen molar-refractivity contribution in [1.82, 2.24) is 19.8 Å². The third kappa shape index (κ3) is 4.63. The number of nitrogens with zero attached hydrogens (tertiary/aromatic N) is 4. The number of amides is 1. The number of benzene rings is 1. The molecule has 4 heterocycles. The maximum Gasteiger partial charge on any atom is 0.254 e. The highest BCUT2D eigenvalue weighted by molar-refractivity contribution is 6.06. The number of para-hydroxylation sites is 1. The first-order valence-corrected chi connectivity index (χ1v) is 12.0. The maximum atomic E-state index is 13.4. The van der Waals surface area contributed by atoms with Crippen molar-refractivity contribution in [3.8, 4) is 0 Å². The summed E-state index contributed by atoms with van der Waals surface area (Å²) >= 11 is 0. The Kier molecular flexibility index (Phi) is 6.13. The van der Waals surface area contributed by atoms with E-state index < -0.39 is 5.60 Å². The summed E-state index contributed by atoms with van der Waals surface area (Å²) in [6, 6.07) is 14.1. The fourth-order valence-corrected chi connectivity index (χ4v) is 5.45. The molecule has 3 aromatic rings. The van der Waals surface area contributed by atoms with Crippen molar-refractivity contribution >= 4 is 16.8 Å². The van der Waals surface area contributed by atoms with Crippen LogP contribution in [0.25, 0.3) is 10.9 Å². The molecular formula is C27H32N4O2. The van der Waals surface area contributed by atoms with Gasteiger partial charge in [0.15, 0.2) is 0 Å². The zero-order chi connectivity index (χ0) is 22.8. The van der Waals surface area contributed by atoms with Crippen LogP contribution in [0.1, 0.15) is 59.8 Å². The van der Waals surface area contributed by atoms with Crippen LogP contribution in [0.15, 0.2) is 54.9 Å². The Morgan fingerprint density at radius 1 is 1.12 bits per heavy atom. The molecule has 0 radical (unpaired) electrons. The monoisotopic (exact) mass is 444 g/mol. The predicted octanol–water partition coefficient (Wildman–Crippen LogP) is 4.13. The summed E-state index contributed by atoms with van der Waals surface area (Å²) in [4.78, 5) is 26.6. The number of β-amino-alcohol motifs (C(OH)–C–C–N with tert-alkyl or cyclic N) is 1. The van der Waals surface area contributed by atoms with Gasteiger partial charge in [0.1, 0.15) is 0 Å². The number of aryl methyl sites for hydroxylation is 1. The molecule has 0 spiro atoms. The molecule has 2 aromatic heterocycles. The topological polar surface area (TPSA) is 69.6 Å². The second kappa shape index (κ2) is 9.20. The highest BCUT2D eigenvalue weighted by Crippen LogP contribution is 2.34. The van der Waals surface area contributed by atoms with Gasteiger partial charge in [-0.15, -0.1) is 0 Å². The van der Waals surface area contributed by atoms with Gasteiger partial charge in [-0.05, 0) is 62.9 Å². The molecular weight excluding hydrogens is 412 g/mol. The molecule has 33 heavy (non-hydrogen) atoms. The molecule has 1 amide bonds. The highest BCUT2D eigenvalue weighted by Gasteiger charge is 2.38. The molecule has 2 aliphatic rings. The average Bonchev–Trinajstić information content (AvgIpc) is 2.84. The SMILES string of the molecule is Cc1cc(C(=O)N2CCC(O)(CN3CCCC[C@H]3c3cccnc3)CC2)c2ccccc2n1.